The van der Waals surface area contributed by atoms with Crippen molar-refractivity contribution >= 4 is 0 Å². The quantitative estimate of drug-likeness (QED) is 0.507. The van der Waals surface area contributed by atoms with Gasteiger partial charge in [-0.05, 0) is 0 Å². The van der Waals surface area contributed by atoms with Crippen LogP contribution in [-0.2, 0) is 0 Å². The molecule has 3 aliphatic heterocycles. The van der Waals surface area contributed by atoms with Gasteiger partial charge in [0.2, 0.25) is 0 Å². The van der Waals surface area contributed by atoms with Crippen LogP contribution in [0.5, 0.6) is 0 Å². The topological polar surface area (TPSA) is 26.7 Å². The summed E-state index contributed by atoms with van der Waals surface area (Å²) in [7, 11) is 0. The van der Waals surface area contributed by atoms with Crippen LogP contribution in [0.3, 0.4) is 0 Å². The fourth-order valence-corrected chi connectivity index (χ4v) is 1.90. The second kappa shape index (κ2) is 2.49. The fourth-order valence-electron chi connectivity index (χ4n) is 1.90. The van der Waals surface area contributed by atoms with Gasteiger partial charge in [-0.3, -0.25) is 9.80 Å². The highest BCUT2D eigenvalue weighted by Gasteiger charge is 2.30. The number of fused-ring (bicyclic) bond motifs is 3. The molecule has 0 aromatic heterocycles. The monoisotopic (exact) mass is 142 g/mol. The van der Waals surface area contributed by atoms with Crippen LogP contribution in [-0.4, -0.2) is 60.3 Å². The van der Waals surface area contributed by atoms with Crippen LogP contribution < -0.4 is 0 Å². The van der Waals surface area contributed by atoms with Crippen molar-refractivity contribution in [1.82, 2.24) is 9.80 Å². The van der Waals surface area contributed by atoms with Gasteiger partial charge < -0.3 is 5.11 Å². The van der Waals surface area contributed by atoms with Crippen LogP contribution in [0.4, 0.5) is 0 Å². The Kier molecular flexibility index (Phi) is 1.64. The molecule has 0 saturated carbocycles. The molecule has 0 aliphatic carbocycles. The van der Waals surface area contributed by atoms with E-state index in [1.54, 1.807) is 0 Å². The molecule has 3 nitrogen and oxygen atoms in total. The number of aliphatic hydroxyl groups is 1. The predicted octanol–water partition coefficient (Wildman–Crippen LogP) is -1.02. The molecule has 0 aromatic carbocycles. The van der Waals surface area contributed by atoms with Crippen LogP contribution in [0, 0.1) is 0 Å². The molecule has 0 radical (unpaired) electrons. The zero-order chi connectivity index (χ0) is 6.97. The lowest BCUT2D eigenvalue weighted by atomic mass is 10.1. The van der Waals surface area contributed by atoms with Gasteiger partial charge in [-0.2, -0.15) is 0 Å². The van der Waals surface area contributed by atoms with Crippen LogP contribution in [0.15, 0.2) is 0 Å². The van der Waals surface area contributed by atoms with Gasteiger partial charge in [0.25, 0.3) is 0 Å². The van der Waals surface area contributed by atoms with E-state index >= 15 is 0 Å². The smallest absolute Gasteiger partial charge is 0.0599 e. The Morgan fingerprint density at radius 1 is 1.20 bits per heavy atom. The Morgan fingerprint density at radius 3 is 2.20 bits per heavy atom. The number of nitrogens with zero attached hydrogens (tertiary/aromatic N) is 2. The van der Waals surface area contributed by atoms with Gasteiger partial charge in [0, 0.05) is 38.8 Å². The second-order valence-corrected chi connectivity index (χ2v) is 3.17. The zero-order valence-electron chi connectivity index (χ0n) is 6.16. The molecule has 3 aliphatic rings. The first-order valence-corrected chi connectivity index (χ1v) is 3.97. The van der Waals surface area contributed by atoms with E-state index in [2.05, 4.69) is 9.80 Å². The molecule has 3 rings (SSSR count). The fraction of sp³-hybridized carbons (Fsp3) is 1.00. The third kappa shape index (κ3) is 0.944. The summed E-state index contributed by atoms with van der Waals surface area (Å²) < 4.78 is 0. The summed E-state index contributed by atoms with van der Waals surface area (Å²) in [6, 6.07) is 0.433. The molecule has 1 atom stereocenters. The normalized spacial score (nSPS) is 45.9. The largest absolute Gasteiger partial charge is 0.395 e. The van der Waals surface area contributed by atoms with Crippen molar-refractivity contribution in [2.45, 2.75) is 6.04 Å². The molecule has 0 amide bonds. The lowest BCUT2D eigenvalue weighted by molar-refractivity contribution is -0.0104. The molecule has 1 N–H and O–H groups in total. The van der Waals surface area contributed by atoms with Crippen molar-refractivity contribution in [3.05, 3.63) is 0 Å². The van der Waals surface area contributed by atoms with E-state index in [-0.39, 0.29) is 0 Å². The molecule has 0 aromatic rings. The molecule has 3 heteroatoms. The number of hydrogen-bond donors (Lipinski definition) is 1. The first kappa shape index (κ1) is 6.58. The number of hydrogen-bond acceptors (Lipinski definition) is 3. The number of rotatable bonds is 1. The standard InChI is InChI=1S/C7H14N2O/c10-6-7-5-8-1-3-9(7)4-2-8/h7,10H,1-6H2/t7-/m0/s1. The lowest BCUT2D eigenvalue weighted by Crippen LogP contribution is -2.61. The van der Waals surface area contributed by atoms with Crippen molar-refractivity contribution in [3.63, 3.8) is 0 Å². The van der Waals surface area contributed by atoms with Crippen LogP contribution in [0.1, 0.15) is 0 Å². The molecule has 3 fully saturated rings. The molecule has 2 bridgehead atoms. The predicted molar refractivity (Wildman–Crippen MR) is 38.9 cm³/mol. The summed E-state index contributed by atoms with van der Waals surface area (Å²) in [4.78, 5) is 4.82. The molecule has 10 heavy (non-hydrogen) atoms. The van der Waals surface area contributed by atoms with Crippen molar-refractivity contribution in [3.8, 4) is 0 Å². The van der Waals surface area contributed by atoms with E-state index in [0.29, 0.717) is 12.6 Å². The molecular formula is C7H14N2O. The zero-order valence-corrected chi connectivity index (χ0v) is 6.16. The van der Waals surface area contributed by atoms with Crippen molar-refractivity contribution in [1.29, 1.82) is 0 Å². The maximum Gasteiger partial charge on any atom is 0.0599 e. The summed E-state index contributed by atoms with van der Waals surface area (Å²) >= 11 is 0. The van der Waals surface area contributed by atoms with Gasteiger partial charge in [0.15, 0.2) is 0 Å². The second-order valence-electron chi connectivity index (χ2n) is 3.17. The minimum Gasteiger partial charge on any atom is -0.395 e. The Hall–Kier alpha value is -0.120. The van der Waals surface area contributed by atoms with Crippen LogP contribution in [0.2, 0.25) is 0 Å². The highest BCUT2D eigenvalue weighted by molar-refractivity contribution is 4.87. The maximum atomic E-state index is 8.94. The van der Waals surface area contributed by atoms with Crippen LogP contribution >= 0.6 is 0 Å². The average molecular weight is 142 g/mol. The summed E-state index contributed by atoms with van der Waals surface area (Å²) in [6.45, 7) is 6.14. The molecule has 0 spiro atoms. The van der Waals surface area contributed by atoms with E-state index in [1.165, 1.54) is 13.1 Å². The van der Waals surface area contributed by atoms with Gasteiger partial charge in [0.05, 0.1) is 6.61 Å². The molecule has 58 valence electrons. The Labute approximate surface area is 61.2 Å². The van der Waals surface area contributed by atoms with Gasteiger partial charge >= 0.3 is 0 Å². The van der Waals surface area contributed by atoms with Gasteiger partial charge in [-0.15, -0.1) is 0 Å². The molecule has 3 heterocycles. The van der Waals surface area contributed by atoms with Crippen LogP contribution in [0.25, 0.3) is 0 Å². The highest BCUT2D eigenvalue weighted by Crippen LogP contribution is 2.14. The maximum absolute atomic E-state index is 8.94. The average Bonchev–Trinajstić information content (AvgIpc) is 2.06. The van der Waals surface area contributed by atoms with E-state index in [9.17, 15) is 0 Å². The Balaban J connectivity index is 2.01. The molecule has 3 saturated heterocycles. The molecule has 0 unspecified atom stereocenters. The van der Waals surface area contributed by atoms with Crippen molar-refractivity contribution in [2.75, 3.05) is 39.3 Å². The van der Waals surface area contributed by atoms with Crippen molar-refractivity contribution < 1.29 is 5.11 Å². The van der Waals surface area contributed by atoms with E-state index in [0.717, 1.165) is 19.6 Å². The van der Waals surface area contributed by atoms with E-state index in [1.807, 2.05) is 0 Å². The Morgan fingerprint density at radius 2 is 1.90 bits per heavy atom. The first-order chi connectivity index (χ1) is 4.90. The first-order valence-electron chi connectivity index (χ1n) is 3.97. The summed E-state index contributed by atoms with van der Waals surface area (Å²) in [6.07, 6.45) is 0. The third-order valence-corrected chi connectivity index (χ3v) is 2.60. The third-order valence-electron chi connectivity index (χ3n) is 2.60. The highest BCUT2D eigenvalue weighted by atomic mass is 16.3. The molecular weight excluding hydrogens is 128 g/mol. The van der Waals surface area contributed by atoms with Gasteiger partial charge in [0.1, 0.15) is 0 Å². The van der Waals surface area contributed by atoms with Gasteiger partial charge in [-0.1, -0.05) is 0 Å². The summed E-state index contributed by atoms with van der Waals surface area (Å²) in [5.41, 5.74) is 0. The summed E-state index contributed by atoms with van der Waals surface area (Å²) in [5.74, 6) is 0. The summed E-state index contributed by atoms with van der Waals surface area (Å²) in [5, 5.41) is 8.94. The van der Waals surface area contributed by atoms with E-state index in [4.69, 9.17) is 5.11 Å². The minimum absolute atomic E-state index is 0.330. The Bertz CT molecular complexity index is 121. The minimum atomic E-state index is 0.330. The lowest BCUT2D eigenvalue weighted by Gasteiger charge is -2.46. The van der Waals surface area contributed by atoms with Crippen molar-refractivity contribution in [2.24, 2.45) is 0 Å². The SMILES string of the molecule is OC[C@@H]1CN2CCN1CC2. The van der Waals surface area contributed by atoms with E-state index < -0.39 is 0 Å². The number of piperazine rings is 3. The van der Waals surface area contributed by atoms with Gasteiger partial charge in [-0.25, -0.2) is 0 Å². The number of aliphatic hydroxyl groups excluding tert-OH is 1.